The number of aromatic nitrogens is 1. The fraction of sp³-hybridized carbons (Fsp3) is 0.0526. The number of guanidine groups is 1. The maximum absolute atomic E-state index is 13.3. The second kappa shape index (κ2) is 7.24. The van der Waals surface area contributed by atoms with Crippen LogP contribution in [0.25, 0.3) is 22.3 Å². The molecule has 0 atom stereocenters. The zero-order valence-corrected chi connectivity index (χ0v) is 14.5. The molecule has 3 aromatic rings. The number of rotatable bonds is 4. The third-order valence-corrected chi connectivity index (χ3v) is 4.03. The number of aliphatic imine (C=N–C) groups is 1. The third-order valence-electron chi connectivity index (χ3n) is 4.03. The van der Waals surface area contributed by atoms with Crippen LogP contribution in [0, 0.1) is 5.82 Å². The number of hydrogen-bond acceptors (Lipinski definition) is 6. The molecule has 0 radical (unpaired) electrons. The Morgan fingerprint density at radius 1 is 0.929 bits per heavy atom. The summed E-state index contributed by atoms with van der Waals surface area (Å²) in [6.07, 6.45) is 1.33. The molecule has 9 N–H and O–H groups in total. The average Bonchev–Trinajstić information content (AvgIpc) is 2.64. The van der Waals surface area contributed by atoms with Crippen molar-refractivity contribution in [3.63, 3.8) is 0 Å². The molecular weight excluding hydrogens is 365 g/mol. The van der Waals surface area contributed by atoms with Gasteiger partial charge in [-0.15, -0.1) is 0 Å². The molecule has 1 heterocycles. The van der Waals surface area contributed by atoms with Gasteiger partial charge >= 0.3 is 5.97 Å². The first-order valence-corrected chi connectivity index (χ1v) is 8.09. The summed E-state index contributed by atoms with van der Waals surface area (Å²) in [5, 5.41) is 29.1. The van der Waals surface area contributed by atoms with Crippen LogP contribution in [-0.4, -0.2) is 26.3 Å². The van der Waals surface area contributed by atoms with Gasteiger partial charge in [-0.25, -0.2) is 9.38 Å². The molecule has 0 unspecified atom stereocenters. The van der Waals surface area contributed by atoms with E-state index in [2.05, 4.69) is 9.98 Å². The number of halogens is 1. The highest BCUT2D eigenvalue weighted by molar-refractivity contribution is 5.96. The summed E-state index contributed by atoms with van der Waals surface area (Å²) in [6, 6.07) is 11.4. The Morgan fingerprint density at radius 2 is 1.57 bits per heavy atom. The predicted octanol–water partition coefficient (Wildman–Crippen LogP) is 0.519. The van der Waals surface area contributed by atoms with Gasteiger partial charge in [0.2, 0.25) is 0 Å². The minimum absolute atomic E-state index is 0.149. The molecule has 0 spiro atoms. The smallest absolute Gasteiger partial charge is 0.305 e. The lowest BCUT2D eigenvalue weighted by Crippen LogP contribution is -2.24. The number of fused-ring (bicyclic) bond motifs is 1. The minimum Gasteiger partial charge on any atom is -0.396 e. The zero-order valence-electron chi connectivity index (χ0n) is 14.5. The predicted molar refractivity (Wildman–Crippen MR) is 103 cm³/mol. The molecule has 8 nitrogen and oxygen atoms in total. The van der Waals surface area contributed by atoms with E-state index in [1.54, 1.807) is 12.1 Å². The summed E-state index contributed by atoms with van der Waals surface area (Å²) in [4.78, 5) is 8.16. The molecule has 1 aromatic heterocycles. The van der Waals surface area contributed by atoms with E-state index >= 15 is 0 Å². The van der Waals surface area contributed by atoms with Crippen molar-refractivity contribution in [2.45, 2.75) is 5.97 Å². The lowest BCUT2D eigenvalue weighted by atomic mass is 10.0. The van der Waals surface area contributed by atoms with E-state index in [1.807, 2.05) is 0 Å². The Hall–Kier alpha value is -3.53. The van der Waals surface area contributed by atoms with E-state index in [4.69, 9.17) is 17.2 Å². The van der Waals surface area contributed by atoms with Crippen LogP contribution in [0.5, 0.6) is 0 Å². The van der Waals surface area contributed by atoms with Crippen LogP contribution in [0.1, 0.15) is 16.7 Å². The Balaban J connectivity index is 2.25. The van der Waals surface area contributed by atoms with Crippen LogP contribution in [0.15, 0.2) is 59.7 Å². The number of nitrogens with two attached hydrogens (primary N) is 3. The van der Waals surface area contributed by atoms with Crippen molar-refractivity contribution in [3.05, 3.63) is 77.2 Å². The van der Waals surface area contributed by atoms with Crippen LogP contribution < -0.4 is 17.2 Å². The molecule has 9 heteroatoms. The van der Waals surface area contributed by atoms with Crippen molar-refractivity contribution in [1.29, 1.82) is 0 Å². The van der Waals surface area contributed by atoms with Crippen LogP contribution in [0.2, 0.25) is 0 Å². The van der Waals surface area contributed by atoms with E-state index in [0.29, 0.717) is 16.6 Å². The highest BCUT2D eigenvalue weighted by atomic mass is 19.1. The van der Waals surface area contributed by atoms with Crippen molar-refractivity contribution >= 4 is 28.3 Å². The third kappa shape index (κ3) is 3.91. The van der Waals surface area contributed by atoms with Gasteiger partial charge in [0.25, 0.3) is 0 Å². The highest BCUT2D eigenvalue weighted by Crippen LogP contribution is 2.29. The number of nitrogens with zero attached hydrogens (tertiary/aromatic N) is 2. The second-order valence-electron chi connectivity index (χ2n) is 6.03. The molecule has 0 aliphatic heterocycles. The first-order valence-electron chi connectivity index (χ1n) is 8.09. The molecule has 3 rings (SSSR count). The monoisotopic (exact) mass is 383 g/mol. The van der Waals surface area contributed by atoms with Gasteiger partial charge in [-0.05, 0) is 42.5 Å². The Kier molecular flexibility index (Phi) is 4.97. The van der Waals surface area contributed by atoms with Crippen molar-refractivity contribution in [1.82, 2.24) is 4.98 Å². The fourth-order valence-electron chi connectivity index (χ4n) is 2.76. The minimum atomic E-state index is -3.06. The van der Waals surface area contributed by atoms with Crippen LogP contribution >= 0.6 is 0 Å². The van der Waals surface area contributed by atoms with E-state index in [1.165, 1.54) is 42.6 Å². The number of benzene rings is 2. The number of hydrogen-bond donors (Lipinski definition) is 6. The molecule has 0 aliphatic carbocycles. The largest absolute Gasteiger partial charge is 0.396 e. The van der Waals surface area contributed by atoms with Crippen LogP contribution in [0.3, 0.4) is 0 Å². The summed E-state index contributed by atoms with van der Waals surface area (Å²) in [7, 11) is 0. The first-order chi connectivity index (χ1) is 13.2. The second-order valence-corrected chi connectivity index (χ2v) is 6.03. The molecular formula is C19H18FN5O3. The molecule has 0 saturated carbocycles. The van der Waals surface area contributed by atoms with E-state index in [9.17, 15) is 19.7 Å². The van der Waals surface area contributed by atoms with E-state index < -0.39 is 11.8 Å². The fourth-order valence-corrected chi connectivity index (χ4v) is 2.76. The summed E-state index contributed by atoms with van der Waals surface area (Å²) in [5.41, 5.74) is 18.8. The molecule has 0 bridgehead atoms. The van der Waals surface area contributed by atoms with Gasteiger partial charge < -0.3 is 32.5 Å². The van der Waals surface area contributed by atoms with Gasteiger partial charge in [-0.1, -0.05) is 6.07 Å². The molecule has 2 aromatic carbocycles. The molecule has 0 fully saturated rings. The standard InChI is InChI=1S/C19H18FN5O3/c20-12-4-1-10(2-5-12)17(25-18(22)23)16(21)11-3-6-15-13(9-11)14(7-8-24-15)19(26,27)28/h1-9,26-28H,21H2,(H4,22,23,25)/b17-16-. The van der Waals surface area contributed by atoms with Gasteiger partial charge in [-0.2, -0.15) is 0 Å². The normalized spacial score (nSPS) is 12.6. The molecule has 0 amide bonds. The van der Waals surface area contributed by atoms with Crippen LogP contribution in [-0.2, 0) is 5.97 Å². The van der Waals surface area contributed by atoms with Gasteiger partial charge in [0, 0.05) is 22.7 Å². The summed E-state index contributed by atoms with van der Waals surface area (Å²) in [6.45, 7) is 0. The maximum atomic E-state index is 13.3. The van der Waals surface area contributed by atoms with Gasteiger partial charge in [0.1, 0.15) is 5.82 Å². The SMILES string of the molecule is NC(N)=N/C(=C(\N)c1ccc2nccc(C(O)(O)O)c2c1)c1ccc(F)cc1. The average molecular weight is 383 g/mol. The van der Waals surface area contributed by atoms with Gasteiger partial charge in [0.05, 0.1) is 22.5 Å². The number of pyridine rings is 1. The van der Waals surface area contributed by atoms with E-state index in [0.717, 1.165) is 0 Å². The summed E-state index contributed by atoms with van der Waals surface area (Å²) >= 11 is 0. The van der Waals surface area contributed by atoms with Crippen molar-refractivity contribution < 1.29 is 19.7 Å². The lowest BCUT2D eigenvalue weighted by Gasteiger charge is -2.17. The summed E-state index contributed by atoms with van der Waals surface area (Å²) in [5.74, 6) is -3.73. The summed E-state index contributed by atoms with van der Waals surface area (Å²) < 4.78 is 13.3. The van der Waals surface area contributed by atoms with Crippen molar-refractivity contribution in [2.75, 3.05) is 0 Å². The Labute approximate surface area is 159 Å². The van der Waals surface area contributed by atoms with Gasteiger partial charge in [0.15, 0.2) is 5.96 Å². The van der Waals surface area contributed by atoms with E-state index in [-0.39, 0.29) is 28.3 Å². The van der Waals surface area contributed by atoms with Gasteiger partial charge in [-0.3, -0.25) is 4.98 Å². The Morgan fingerprint density at radius 3 is 2.18 bits per heavy atom. The number of aliphatic hydroxyl groups is 3. The topological polar surface area (TPSA) is 164 Å². The highest BCUT2D eigenvalue weighted by Gasteiger charge is 2.25. The van der Waals surface area contributed by atoms with Crippen molar-refractivity contribution in [3.8, 4) is 0 Å². The Bertz CT molecular complexity index is 1080. The quantitative estimate of drug-likeness (QED) is 0.165. The van der Waals surface area contributed by atoms with Crippen LogP contribution in [0.4, 0.5) is 4.39 Å². The molecule has 28 heavy (non-hydrogen) atoms. The molecule has 0 saturated heterocycles. The van der Waals surface area contributed by atoms with Crippen molar-refractivity contribution in [2.24, 2.45) is 22.2 Å². The maximum Gasteiger partial charge on any atom is 0.305 e. The molecule has 0 aliphatic rings. The molecule has 144 valence electrons. The first kappa shape index (κ1) is 19.2. The lowest BCUT2D eigenvalue weighted by molar-refractivity contribution is -0.322. The zero-order chi connectivity index (χ0) is 20.5.